The molecule has 3 rings (SSSR count). The van der Waals surface area contributed by atoms with E-state index in [0.717, 1.165) is 9.88 Å². The molecule has 0 radical (unpaired) electrons. The highest BCUT2D eigenvalue weighted by molar-refractivity contribution is 7.24. The zero-order valence-corrected chi connectivity index (χ0v) is 18.4. The van der Waals surface area contributed by atoms with Crippen molar-refractivity contribution in [2.75, 3.05) is 0 Å². The summed E-state index contributed by atoms with van der Waals surface area (Å²) in [6.45, 7) is 11.5. The number of rotatable bonds is 4. The van der Waals surface area contributed by atoms with Crippen molar-refractivity contribution in [3.05, 3.63) is 38.8 Å². The molecule has 6 nitrogen and oxygen atoms in total. The standard InChI is InChI=1S/C18H21ClN4O2S2/c1-9-12(27-14(20-9)10-7-8-11(19)26-10)13(24)22-18(5,6)15-21-16(25-23-15)17(2,3)4/h7-8H,1-6H3,(H,22,24). The summed E-state index contributed by atoms with van der Waals surface area (Å²) in [6.07, 6.45) is 0. The molecule has 3 aromatic rings. The largest absolute Gasteiger partial charge is 0.339 e. The van der Waals surface area contributed by atoms with E-state index in [-0.39, 0.29) is 11.3 Å². The number of nitrogens with one attached hydrogen (secondary N) is 1. The average molecular weight is 425 g/mol. The fraction of sp³-hybridized carbons (Fsp3) is 0.444. The number of thiazole rings is 1. The van der Waals surface area contributed by atoms with E-state index in [1.807, 2.05) is 53.7 Å². The van der Waals surface area contributed by atoms with Gasteiger partial charge in [0.25, 0.3) is 5.91 Å². The molecule has 3 heterocycles. The summed E-state index contributed by atoms with van der Waals surface area (Å²) in [5, 5.41) is 7.82. The number of thiophene rings is 1. The number of hydrogen-bond acceptors (Lipinski definition) is 7. The van der Waals surface area contributed by atoms with Crippen molar-refractivity contribution < 1.29 is 9.32 Å². The van der Waals surface area contributed by atoms with Crippen LogP contribution in [0.4, 0.5) is 0 Å². The summed E-state index contributed by atoms with van der Waals surface area (Å²) < 4.78 is 6.05. The lowest BCUT2D eigenvalue weighted by molar-refractivity contribution is 0.0911. The zero-order valence-electron chi connectivity index (χ0n) is 16.0. The van der Waals surface area contributed by atoms with Gasteiger partial charge in [-0.15, -0.1) is 22.7 Å². The van der Waals surface area contributed by atoms with Gasteiger partial charge in [0.2, 0.25) is 5.89 Å². The van der Waals surface area contributed by atoms with Gasteiger partial charge in [-0.1, -0.05) is 37.5 Å². The second kappa shape index (κ2) is 7.00. The topological polar surface area (TPSA) is 80.9 Å². The number of aromatic nitrogens is 3. The van der Waals surface area contributed by atoms with Gasteiger partial charge < -0.3 is 9.84 Å². The Morgan fingerprint density at radius 3 is 2.41 bits per heavy atom. The summed E-state index contributed by atoms with van der Waals surface area (Å²) >= 11 is 8.78. The molecule has 0 aliphatic heterocycles. The van der Waals surface area contributed by atoms with Crippen LogP contribution < -0.4 is 5.32 Å². The molecule has 9 heteroatoms. The van der Waals surface area contributed by atoms with Crippen LogP contribution in [0, 0.1) is 6.92 Å². The molecule has 0 unspecified atom stereocenters. The monoisotopic (exact) mass is 424 g/mol. The van der Waals surface area contributed by atoms with Crippen LogP contribution in [-0.2, 0) is 11.0 Å². The minimum absolute atomic E-state index is 0.217. The van der Waals surface area contributed by atoms with Gasteiger partial charge in [-0.3, -0.25) is 4.79 Å². The number of carbonyl (C=O) groups excluding carboxylic acids is 1. The highest BCUT2D eigenvalue weighted by Crippen LogP contribution is 2.35. The van der Waals surface area contributed by atoms with Crippen LogP contribution in [0.1, 0.15) is 61.7 Å². The Labute approximate surface area is 171 Å². The Balaban J connectivity index is 1.82. The van der Waals surface area contributed by atoms with E-state index in [4.69, 9.17) is 16.1 Å². The van der Waals surface area contributed by atoms with E-state index in [9.17, 15) is 4.79 Å². The maximum atomic E-state index is 12.9. The van der Waals surface area contributed by atoms with Crippen molar-refractivity contribution in [1.29, 1.82) is 0 Å². The van der Waals surface area contributed by atoms with Gasteiger partial charge in [-0.2, -0.15) is 4.98 Å². The van der Waals surface area contributed by atoms with Crippen LogP contribution in [0.3, 0.4) is 0 Å². The molecule has 0 aliphatic carbocycles. The Morgan fingerprint density at radius 2 is 1.85 bits per heavy atom. The molecule has 0 bridgehead atoms. The molecule has 27 heavy (non-hydrogen) atoms. The molecule has 0 atom stereocenters. The molecule has 0 saturated carbocycles. The number of hydrogen-bond donors (Lipinski definition) is 1. The van der Waals surface area contributed by atoms with E-state index in [1.165, 1.54) is 22.7 Å². The fourth-order valence-electron chi connectivity index (χ4n) is 2.32. The summed E-state index contributed by atoms with van der Waals surface area (Å²) in [7, 11) is 0. The highest BCUT2D eigenvalue weighted by Gasteiger charge is 2.32. The first-order chi connectivity index (χ1) is 12.5. The van der Waals surface area contributed by atoms with Crippen LogP contribution in [0.2, 0.25) is 4.34 Å². The molecule has 1 N–H and O–H groups in total. The number of carbonyl (C=O) groups is 1. The number of amides is 1. The van der Waals surface area contributed by atoms with Gasteiger partial charge in [0.05, 0.1) is 20.4 Å². The molecular weight excluding hydrogens is 404 g/mol. The van der Waals surface area contributed by atoms with E-state index >= 15 is 0 Å². The molecular formula is C18H21ClN4O2S2. The lowest BCUT2D eigenvalue weighted by Crippen LogP contribution is -2.41. The third kappa shape index (κ3) is 4.23. The van der Waals surface area contributed by atoms with E-state index < -0.39 is 5.54 Å². The van der Waals surface area contributed by atoms with Crippen LogP contribution in [0.5, 0.6) is 0 Å². The molecule has 0 fully saturated rings. The molecule has 1 amide bonds. The van der Waals surface area contributed by atoms with Crippen LogP contribution >= 0.6 is 34.3 Å². The van der Waals surface area contributed by atoms with Crippen molar-refractivity contribution in [2.45, 2.75) is 52.5 Å². The van der Waals surface area contributed by atoms with Gasteiger partial charge >= 0.3 is 0 Å². The van der Waals surface area contributed by atoms with Gasteiger partial charge in [0.15, 0.2) is 5.82 Å². The van der Waals surface area contributed by atoms with Gasteiger partial charge in [-0.25, -0.2) is 4.98 Å². The van der Waals surface area contributed by atoms with Crippen LogP contribution in [0.25, 0.3) is 9.88 Å². The van der Waals surface area contributed by atoms with Gasteiger partial charge in [0, 0.05) is 5.41 Å². The SMILES string of the molecule is Cc1nc(-c2ccc(Cl)s2)sc1C(=O)NC(C)(C)c1noc(C(C)(C)C)n1. The molecule has 144 valence electrons. The van der Waals surface area contributed by atoms with Crippen molar-refractivity contribution in [1.82, 2.24) is 20.4 Å². The molecule has 0 spiro atoms. The predicted octanol–water partition coefficient (Wildman–Crippen LogP) is 5.18. The maximum Gasteiger partial charge on any atom is 0.264 e. The van der Waals surface area contributed by atoms with E-state index in [0.29, 0.717) is 26.6 Å². The molecule has 3 aromatic heterocycles. The second-order valence-electron chi connectivity index (χ2n) is 7.79. The van der Waals surface area contributed by atoms with Gasteiger partial charge in [-0.05, 0) is 32.9 Å². The Hall–Kier alpha value is -1.77. The van der Waals surface area contributed by atoms with Crippen molar-refractivity contribution in [3.8, 4) is 9.88 Å². The Bertz CT molecular complexity index is 982. The first kappa shape index (κ1) is 20.0. The lowest BCUT2D eigenvalue weighted by atomic mass is 9.97. The average Bonchev–Trinajstić information content (AvgIpc) is 3.24. The lowest BCUT2D eigenvalue weighted by Gasteiger charge is -2.22. The van der Waals surface area contributed by atoms with Crippen LogP contribution in [-0.4, -0.2) is 21.0 Å². The van der Waals surface area contributed by atoms with Crippen LogP contribution in [0.15, 0.2) is 16.7 Å². The third-order valence-corrected chi connectivity index (χ3v) is 6.40. The first-order valence-corrected chi connectivity index (χ1v) is 10.4. The number of halogens is 1. The fourth-order valence-corrected chi connectivity index (χ4v) is 4.38. The number of nitrogens with zero attached hydrogens (tertiary/aromatic N) is 3. The summed E-state index contributed by atoms with van der Waals surface area (Å²) in [5.41, 5.74) is -0.361. The summed E-state index contributed by atoms with van der Waals surface area (Å²) in [6, 6.07) is 3.73. The Kier molecular flexibility index (Phi) is 5.18. The third-order valence-electron chi connectivity index (χ3n) is 3.84. The maximum absolute atomic E-state index is 12.9. The van der Waals surface area contributed by atoms with Crippen molar-refractivity contribution in [2.24, 2.45) is 0 Å². The van der Waals surface area contributed by atoms with Crippen molar-refractivity contribution in [3.63, 3.8) is 0 Å². The molecule has 0 saturated heterocycles. The highest BCUT2D eigenvalue weighted by atomic mass is 35.5. The summed E-state index contributed by atoms with van der Waals surface area (Å²) in [4.78, 5) is 23.3. The smallest absolute Gasteiger partial charge is 0.264 e. The first-order valence-electron chi connectivity index (χ1n) is 8.38. The predicted molar refractivity (Wildman–Crippen MR) is 109 cm³/mol. The minimum Gasteiger partial charge on any atom is -0.339 e. The normalized spacial score (nSPS) is 12.4. The molecule has 0 aliphatic rings. The van der Waals surface area contributed by atoms with E-state index in [1.54, 1.807) is 0 Å². The second-order valence-corrected chi connectivity index (χ2v) is 10.5. The zero-order chi connectivity index (χ0) is 20.0. The van der Waals surface area contributed by atoms with Gasteiger partial charge in [0.1, 0.15) is 9.88 Å². The quantitative estimate of drug-likeness (QED) is 0.624. The van der Waals surface area contributed by atoms with E-state index in [2.05, 4.69) is 20.4 Å². The minimum atomic E-state index is -0.785. The molecule has 0 aromatic carbocycles. The van der Waals surface area contributed by atoms with Crippen molar-refractivity contribution >= 4 is 40.2 Å². The Morgan fingerprint density at radius 1 is 1.15 bits per heavy atom. The summed E-state index contributed by atoms with van der Waals surface area (Å²) in [5.74, 6) is 0.755. The number of aryl methyl sites for hydroxylation is 1.